The average molecular weight is 163 g/mol. The Balaban J connectivity index is 3.37. The molecule has 0 N–H and O–H groups in total. The lowest BCUT2D eigenvalue weighted by Gasteiger charge is -1.77. The molecule has 0 unspecified atom stereocenters. The Hall–Kier alpha value is -0.110. The summed E-state index contributed by atoms with van der Waals surface area (Å²) in [5.74, 6) is 0.150. The first-order chi connectivity index (χ1) is 3.31. The number of ketones is 1. The highest BCUT2D eigenvalue weighted by molar-refractivity contribution is 9.11. The zero-order chi connectivity index (χ0) is 5.70. The minimum atomic E-state index is 0.150. The largest absolute Gasteiger partial charge is 0.295 e. The highest BCUT2D eigenvalue weighted by Gasteiger charge is 1.84. The Kier molecular flexibility index (Phi) is 4.00. The van der Waals surface area contributed by atoms with Crippen molar-refractivity contribution in [1.29, 1.82) is 0 Å². The third-order valence-corrected chi connectivity index (χ3v) is 0.862. The molecule has 0 atom stereocenters. The first-order valence-electron chi connectivity index (χ1n) is 2.11. The Morgan fingerprint density at radius 2 is 2.43 bits per heavy atom. The van der Waals surface area contributed by atoms with Crippen LogP contribution in [0.5, 0.6) is 0 Å². The number of carbonyl (C=O) groups is 1. The summed E-state index contributed by atoms with van der Waals surface area (Å²) in [6, 6.07) is 0. The van der Waals surface area contributed by atoms with E-state index in [4.69, 9.17) is 0 Å². The Labute approximate surface area is 51.5 Å². The van der Waals surface area contributed by atoms with E-state index < -0.39 is 0 Å². The van der Waals surface area contributed by atoms with Gasteiger partial charge in [0.15, 0.2) is 5.78 Å². The third-order valence-electron chi connectivity index (χ3n) is 0.597. The molecular weight excluding hydrogens is 156 g/mol. The van der Waals surface area contributed by atoms with Gasteiger partial charge in [0, 0.05) is 6.42 Å². The van der Waals surface area contributed by atoms with E-state index in [9.17, 15) is 4.79 Å². The molecule has 0 heterocycles. The van der Waals surface area contributed by atoms with Crippen LogP contribution < -0.4 is 0 Å². The molecule has 0 aromatic heterocycles. The third kappa shape index (κ3) is 3.73. The van der Waals surface area contributed by atoms with E-state index in [1.54, 1.807) is 4.99 Å². The molecule has 0 aromatic carbocycles. The van der Waals surface area contributed by atoms with E-state index in [-0.39, 0.29) is 5.78 Å². The van der Waals surface area contributed by atoms with E-state index in [2.05, 4.69) is 15.9 Å². The topological polar surface area (TPSA) is 17.1 Å². The molecule has 7 heavy (non-hydrogen) atoms. The van der Waals surface area contributed by atoms with Crippen molar-refractivity contribution in [2.75, 3.05) is 0 Å². The average Bonchev–Trinajstić information content (AvgIpc) is 1.68. The molecule has 0 aromatic rings. The van der Waals surface area contributed by atoms with Gasteiger partial charge in [-0.15, -0.1) is 0 Å². The molecule has 2 heteroatoms. The lowest BCUT2D eigenvalue weighted by Crippen LogP contribution is -1.84. The summed E-state index contributed by atoms with van der Waals surface area (Å²) in [5, 5.41) is 0. The molecule has 0 saturated carbocycles. The van der Waals surface area contributed by atoms with Crippen molar-refractivity contribution in [3.63, 3.8) is 0 Å². The Morgan fingerprint density at radius 3 is 2.57 bits per heavy atom. The molecule has 0 saturated heterocycles. The minimum Gasteiger partial charge on any atom is -0.295 e. The van der Waals surface area contributed by atoms with Gasteiger partial charge in [0.2, 0.25) is 0 Å². The molecule has 1 nitrogen and oxygen atoms in total. The number of rotatable bonds is 2. The van der Waals surface area contributed by atoms with Gasteiger partial charge in [-0.1, -0.05) is 22.9 Å². The summed E-state index contributed by atoms with van der Waals surface area (Å²) in [5.41, 5.74) is 0. The molecule has 40 valence electrons. The van der Waals surface area contributed by atoms with Crippen LogP contribution in [0.1, 0.15) is 13.3 Å². The molecule has 0 bridgehead atoms. The van der Waals surface area contributed by atoms with E-state index in [1.165, 1.54) is 6.08 Å². The van der Waals surface area contributed by atoms with Gasteiger partial charge in [0.1, 0.15) is 0 Å². The summed E-state index contributed by atoms with van der Waals surface area (Å²) in [6.45, 7) is 1.83. The highest BCUT2D eigenvalue weighted by Crippen LogP contribution is 1.86. The lowest BCUT2D eigenvalue weighted by atomic mass is 10.3. The number of hydrogen-bond acceptors (Lipinski definition) is 1. The first kappa shape index (κ1) is 6.89. The summed E-state index contributed by atoms with van der Waals surface area (Å²) in [4.78, 5) is 11.9. The van der Waals surface area contributed by atoms with Crippen LogP contribution in [0.4, 0.5) is 0 Å². The van der Waals surface area contributed by atoms with E-state index in [0.29, 0.717) is 6.42 Å². The van der Waals surface area contributed by atoms with Gasteiger partial charge in [-0.25, -0.2) is 0 Å². The van der Waals surface area contributed by atoms with E-state index in [1.807, 2.05) is 6.92 Å². The van der Waals surface area contributed by atoms with Crippen molar-refractivity contribution in [2.45, 2.75) is 13.3 Å². The van der Waals surface area contributed by atoms with Crippen molar-refractivity contribution in [1.82, 2.24) is 0 Å². The molecule has 0 aliphatic rings. The van der Waals surface area contributed by atoms with Gasteiger partial charge in [0.25, 0.3) is 0 Å². The van der Waals surface area contributed by atoms with Crippen LogP contribution in [0.25, 0.3) is 0 Å². The zero-order valence-electron chi connectivity index (χ0n) is 4.15. The van der Waals surface area contributed by atoms with Crippen molar-refractivity contribution >= 4 is 21.7 Å². The van der Waals surface area contributed by atoms with Crippen LogP contribution in [-0.4, -0.2) is 5.78 Å². The molecule has 0 radical (unpaired) electrons. The van der Waals surface area contributed by atoms with E-state index >= 15 is 0 Å². The van der Waals surface area contributed by atoms with Gasteiger partial charge >= 0.3 is 0 Å². The van der Waals surface area contributed by atoms with Gasteiger partial charge in [-0.2, -0.15) is 0 Å². The normalized spacial score (nSPS) is 10.0. The van der Waals surface area contributed by atoms with Gasteiger partial charge in [-0.3, -0.25) is 4.79 Å². The van der Waals surface area contributed by atoms with Crippen LogP contribution >= 0.6 is 15.9 Å². The van der Waals surface area contributed by atoms with Crippen LogP contribution in [0, 0.1) is 0 Å². The summed E-state index contributed by atoms with van der Waals surface area (Å²) in [6.07, 6.45) is 2.09. The van der Waals surface area contributed by atoms with Crippen LogP contribution in [0.3, 0.4) is 0 Å². The maximum atomic E-state index is 10.3. The fraction of sp³-hybridized carbons (Fsp3) is 0.400. The molecule has 0 aliphatic carbocycles. The predicted molar refractivity (Wildman–Crippen MR) is 33.4 cm³/mol. The standard InChI is InChI=1S/C5H7BrO/c1-2-5(7)3-4-6/h3-4H,2H2,1H3. The molecule has 0 aliphatic heterocycles. The minimum absolute atomic E-state index is 0.150. The fourth-order valence-corrected chi connectivity index (χ4v) is 0.483. The van der Waals surface area contributed by atoms with Gasteiger partial charge in [0.05, 0.1) is 0 Å². The second-order valence-electron chi connectivity index (χ2n) is 1.11. The fourth-order valence-electron chi connectivity index (χ4n) is 0.188. The molecule has 0 rings (SSSR count). The van der Waals surface area contributed by atoms with Gasteiger partial charge in [-0.05, 0) is 11.1 Å². The quantitative estimate of drug-likeness (QED) is 0.568. The zero-order valence-corrected chi connectivity index (χ0v) is 5.73. The van der Waals surface area contributed by atoms with Crippen molar-refractivity contribution < 1.29 is 4.79 Å². The second-order valence-corrected chi connectivity index (χ2v) is 1.64. The van der Waals surface area contributed by atoms with Crippen LogP contribution in [0.15, 0.2) is 11.1 Å². The maximum absolute atomic E-state index is 10.3. The molecule has 0 amide bonds. The number of hydrogen-bond donors (Lipinski definition) is 0. The van der Waals surface area contributed by atoms with Gasteiger partial charge < -0.3 is 0 Å². The number of carbonyl (C=O) groups excluding carboxylic acids is 1. The first-order valence-corrected chi connectivity index (χ1v) is 3.02. The SMILES string of the molecule is CCC(=O)C=CBr. The number of allylic oxidation sites excluding steroid dienone is 1. The predicted octanol–water partition coefficient (Wildman–Crippen LogP) is 1.87. The molecular formula is C5H7BrO. The van der Waals surface area contributed by atoms with E-state index in [0.717, 1.165) is 0 Å². The van der Waals surface area contributed by atoms with Crippen molar-refractivity contribution in [3.05, 3.63) is 11.1 Å². The van der Waals surface area contributed by atoms with Crippen LogP contribution in [0.2, 0.25) is 0 Å². The lowest BCUT2D eigenvalue weighted by molar-refractivity contribution is -0.114. The van der Waals surface area contributed by atoms with Crippen molar-refractivity contribution in [2.24, 2.45) is 0 Å². The highest BCUT2D eigenvalue weighted by atomic mass is 79.9. The summed E-state index contributed by atoms with van der Waals surface area (Å²) < 4.78 is 0. The Bertz CT molecular complexity index is 86.1. The van der Waals surface area contributed by atoms with Crippen LogP contribution in [-0.2, 0) is 4.79 Å². The van der Waals surface area contributed by atoms with Crippen molar-refractivity contribution in [3.8, 4) is 0 Å². The molecule has 0 fully saturated rings. The smallest absolute Gasteiger partial charge is 0.155 e. The maximum Gasteiger partial charge on any atom is 0.155 e. The Morgan fingerprint density at radius 1 is 1.86 bits per heavy atom. The second kappa shape index (κ2) is 4.06. The summed E-state index contributed by atoms with van der Waals surface area (Å²) >= 11 is 2.99. The monoisotopic (exact) mass is 162 g/mol. The summed E-state index contributed by atoms with van der Waals surface area (Å²) in [7, 11) is 0. The number of halogens is 1. The molecule has 0 spiro atoms.